The van der Waals surface area contributed by atoms with Crippen LogP contribution in [0.4, 0.5) is 8.78 Å². The van der Waals surface area contributed by atoms with Crippen molar-refractivity contribution in [3.63, 3.8) is 0 Å². The van der Waals surface area contributed by atoms with Crippen molar-refractivity contribution in [2.45, 2.75) is 29.5 Å². The first-order valence-electron chi connectivity index (χ1n) is 8.57. The Balaban J connectivity index is 1.67. The largest absolute Gasteiger partial charge is 0.468 e. The topological polar surface area (TPSA) is 79.6 Å². The van der Waals surface area contributed by atoms with Crippen LogP contribution < -0.4 is 5.32 Å². The smallest absolute Gasteiger partial charge is 0.341 e. The minimum atomic E-state index is -4.67. The van der Waals surface area contributed by atoms with Gasteiger partial charge in [-0.25, -0.2) is 8.42 Å². The van der Waals surface area contributed by atoms with Crippen molar-refractivity contribution in [1.29, 1.82) is 0 Å². The number of carbonyl (C=O) groups is 1. The number of nitrogens with one attached hydrogen (secondary N) is 1. The molecular formula is C18H20F2N2O4S. The Morgan fingerprint density at radius 3 is 2.37 bits per heavy atom. The zero-order valence-electron chi connectivity index (χ0n) is 14.5. The van der Waals surface area contributed by atoms with Crippen LogP contribution >= 0.6 is 0 Å². The summed E-state index contributed by atoms with van der Waals surface area (Å²) in [5.74, 6) is -3.14. The quantitative estimate of drug-likeness (QED) is 0.776. The number of rotatable bonds is 7. The second-order valence-corrected chi connectivity index (χ2v) is 8.23. The van der Waals surface area contributed by atoms with E-state index in [1.807, 2.05) is 6.07 Å². The first-order valence-corrected chi connectivity index (χ1v) is 10.1. The molecule has 0 aliphatic carbocycles. The molecule has 27 heavy (non-hydrogen) atoms. The molecule has 1 N–H and O–H groups in total. The van der Waals surface area contributed by atoms with Crippen molar-refractivity contribution in [1.82, 2.24) is 10.2 Å². The molecule has 1 aliphatic rings. The van der Waals surface area contributed by atoms with Crippen LogP contribution in [0.1, 0.15) is 35.0 Å². The summed E-state index contributed by atoms with van der Waals surface area (Å²) < 4.78 is 53.5. The molecule has 1 saturated heterocycles. The highest BCUT2D eigenvalue weighted by molar-refractivity contribution is 7.91. The normalized spacial score (nSPS) is 16.6. The number of hydrogen-bond acceptors (Lipinski definition) is 5. The Morgan fingerprint density at radius 2 is 1.81 bits per heavy atom. The predicted molar refractivity (Wildman–Crippen MR) is 94.2 cm³/mol. The number of amides is 1. The van der Waals surface area contributed by atoms with E-state index in [9.17, 15) is 22.0 Å². The predicted octanol–water partition coefficient (Wildman–Crippen LogP) is 2.84. The van der Waals surface area contributed by atoms with E-state index in [4.69, 9.17) is 4.42 Å². The molecule has 2 aromatic rings. The number of carbonyl (C=O) groups excluding carboxylic acids is 1. The molecule has 0 radical (unpaired) electrons. The van der Waals surface area contributed by atoms with Gasteiger partial charge in [0.25, 0.3) is 5.91 Å². The monoisotopic (exact) mass is 398 g/mol. The Morgan fingerprint density at radius 1 is 1.15 bits per heavy atom. The number of alkyl halides is 2. The lowest BCUT2D eigenvalue weighted by atomic mass is 10.1. The number of hydrogen-bond donors (Lipinski definition) is 1. The van der Waals surface area contributed by atoms with Gasteiger partial charge in [0, 0.05) is 12.1 Å². The van der Waals surface area contributed by atoms with Crippen LogP contribution in [-0.2, 0) is 9.84 Å². The van der Waals surface area contributed by atoms with Gasteiger partial charge in [0.2, 0.25) is 9.84 Å². The van der Waals surface area contributed by atoms with Gasteiger partial charge >= 0.3 is 5.76 Å². The summed E-state index contributed by atoms with van der Waals surface area (Å²) in [6.07, 6.45) is 3.76. The molecule has 1 aliphatic heterocycles. The maximum absolute atomic E-state index is 12.6. The van der Waals surface area contributed by atoms with Crippen molar-refractivity contribution >= 4 is 15.7 Å². The van der Waals surface area contributed by atoms with Crippen molar-refractivity contribution in [2.75, 3.05) is 19.6 Å². The Hall–Kier alpha value is -2.26. The highest BCUT2D eigenvalue weighted by Crippen LogP contribution is 2.25. The first-order chi connectivity index (χ1) is 12.9. The summed E-state index contributed by atoms with van der Waals surface area (Å²) in [4.78, 5) is 14.1. The lowest BCUT2D eigenvalue weighted by Crippen LogP contribution is -2.36. The molecule has 9 heteroatoms. The molecule has 1 amide bonds. The number of benzene rings is 1. The van der Waals surface area contributed by atoms with E-state index in [1.54, 1.807) is 12.3 Å². The van der Waals surface area contributed by atoms with Gasteiger partial charge < -0.3 is 9.73 Å². The van der Waals surface area contributed by atoms with E-state index in [0.29, 0.717) is 6.54 Å². The summed E-state index contributed by atoms with van der Waals surface area (Å²) in [7, 11) is -4.67. The van der Waals surface area contributed by atoms with Gasteiger partial charge in [0.15, 0.2) is 0 Å². The van der Waals surface area contributed by atoms with Crippen molar-refractivity contribution in [2.24, 2.45) is 0 Å². The van der Waals surface area contributed by atoms with Gasteiger partial charge in [-0.3, -0.25) is 9.69 Å². The third-order valence-electron chi connectivity index (χ3n) is 4.59. The summed E-state index contributed by atoms with van der Waals surface area (Å²) in [6.45, 7) is 2.16. The summed E-state index contributed by atoms with van der Waals surface area (Å²) in [5.41, 5.74) is 0.197. The lowest BCUT2D eigenvalue weighted by molar-refractivity contribution is 0.0933. The first kappa shape index (κ1) is 19.5. The van der Waals surface area contributed by atoms with Crippen LogP contribution in [0.5, 0.6) is 0 Å². The van der Waals surface area contributed by atoms with Crippen LogP contribution in [0.3, 0.4) is 0 Å². The molecule has 1 fully saturated rings. The number of nitrogens with zero attached hydrogens (tertiary/aromatic N) is 1. The number of furan rings is 1. The molecule has 3 rings (SSSR count). The van der Waals surface area contributed by atoms with Crippen molar-refractivity contribution < 1.29 is 26.4 Å². The van der Waals surface area contributed by atoms with Gasteiger partial charge in [-0.05, 0) is 62.3 Å². The van der Waals surface area contributed by atoms with E-state index in [-0.39, 0.29) is 11.6 Å². The third kappa shape index (κ3) is 4.36. The average molecular weight is 398 g/mol. The molecule has 2 heterocycles. The van der Waals surface area contributed by atoms with E-state index >= 15 is 0 Å². The van der Waals surface area contributed by atoms with Crippen LogP contribution in [-0.4, -0.2) is 44.6 Å². The fourth-order valence-corrected chi connectivity index (χ4v) is 3.86. The molecule has 0 spiro atoms. The van der Waals surface area contributed by atoms with Crippen LogP contribution in [0, 0.1) is 0 Å². The highest BCUT2D eigenvalue weighted by atomic mass is 32.2. The highest BCUT2D eigenvalue weighted by Gasteiger charge is 2.27. The van der Waals surface area contributed by atoms with Gasteiger partial charge in [-0.1, -0.05) is 0 Å². The molecule has 6 nitrogen and oxygen atoms in total. The molecule has 0 bridgehead atoms. The maximum Gasteiger partial charge on any atom is 0.341 e. The molecule has 146 valence electrons. The maximum atomic E-state index is 12.6. The molecule has 0 saturated carbocycles. The zero-order valence-corrected chi connectivity index (χ0v) is 15.3. The Kier molecular flexibility index (Phi) is 5.91. The van der Waals surface area contributed by atoms with Crippen molar-refractivity contribution in [3.05, 3.63) is 54.0 Å². The van der Waals surface area contributed by atoms with Crippen LogP contribution in [0.2, 0.25) is 0 Å². The number of halogens is 2. The number of likely N-dealkylation sites (tertiary alicyclic amines) is 1. The Labute approximate surface area is 156 Å². The molecular weight excluding hydrogens is 378 g/mol. The molecule has 0 unspecified atom stereocenters. The number of sulfone groups is 1. The zero-order chi connectivity index (χ0) is 19.4. The second kappa shape index (κ2) is 8.18. The molecule has 1 aromatic carbocycles. The van der Waals surface area contributed by atoms with Gasteiger partial charge in [-0.2, -0.15) is 8.78 Å². The van der Waals surface area contributed by atoms with Crippen LogP contribution in [0.25, 0.3) is 0 Å². The van der Waals surface area contributed by atoms with Crippen LogP contribution in [0.15, 0.2) is 52.0 Å². The van der Waals surface area contributed by atoms with Gasteiger partial charge in [0.05, 0.1) is 17.2 Å². The van der Waals surface area contributed by atoms with Gasteiger partial charge in [-0.15, -0.1) is 0 Å². The summed E-state index contributed by atoms with van der Waals surface area (Å²) >= 11 is 0. The van der Waals surface area contributed by atoms with Gasteiger partial charge in [0.1, 0.15) is 5.76 Å². The van der Waals surface area contributed by atoms with E-state index in [1.165, 1.54) is 12.1 Å². The molecule has 1 atom stereocenters. The second-order valence-electron chi connectivity index (χ2n) is 6.31. The lowest BCUT2D eigenvalue weighted by Gasteiger charge is -2.26. The van der Waals surface area contributed by atoms with E-state index in [0.717, 1.165) is 43.8 Å². The SMILES string of the molecule is O=C(NC[C@@H](c1ccco1)N1CCCC1)c1ccc(S(=O)(=O)C(F)F)cc1. The summed E-state index contributed by atoms with van der Waals surface area (Å²) in [6, 6.07) is 8.04. The standard InChI is InChI=1S/C18H20F2N2O4S/c19-18(20)27(24,25)14-7-5-13(6-8-14)17(23)21-12-15(16-4-3-11-26-16)22-9-1-2-10-22/h3-8,11,15,18H,1-2,9-10,12H2,(H,21,23)/t15-/m0/s1. The van der Waals surface area contributed by atoms with E-state index in [2.05, 4.69) is 10.2 Å². The fourth-order valence-electron chi connectivity index (χ4n) is 3.13. The summed E-state index contributed by atoms with van der Waals surface area (Å²) in [5, 5.41) is 2.81. The van der Waals surface area contributed by atoms with E-state index < -0.39 is 26.4 Å². The van der Waals surface area contributed by atoms with Crippen molar-refractivity contribution in [3.8, 4) is 0 Å². The molecule has 1 aromatic heterocycles. The average Bonchev–Trinajstić information content (AvgIpc) is 3.36. The third-order valence-corrected chi connectivity index (χ3v) is 5.99. The fraction of sp³-hybridized carbons (Fsp3) is 0.389. The minimum Gasteiger partial charge on any atom is -0.468 e. The minimum absolute atomic E-state index is 0.0927. The Bertz CT molecular complexity index is 861.